The number of carbonyl (C=O) groups is 1. The van der Waals surface area contributed by atoms with Crippen LogP contribution in [0.25, 0.3) is 0 Å². The highest BCUT2D eigenvalue weighted by atomic mass is 16.6. The lowest BCUT2D eigenvalue weighted by molar-refractivity contribution is -0.385. The Hall–Kier alpha value is -2.22. The van der Waals surface area contributed by atoms with Crippen molar-refractivity contribution in [2.24, 2.45) is 5.92 Å². The number of carboxylic acid groups (broad SMARTS) is 1. The Kier molecular flexibility index (Phi) is 3.84. The van der Waals surface area contributed by atoms with Crippen LogP contribution >= 0.6 is 0 Å². The smallest absolute Gasteiger partial charge is 0.339 e. The van der Waals surface area contributed by atoms with Crippen LogP contribution in [0.5, 0.6) is 0 Å². The number of anilines is 1. The largest absolute Gasteiger partial charge is 0.478 e. The van der Waals surface area contributed by atoms with Crippen LogP contribution < -0.4 is 4.90 Å². The third kappa shape index (κ3) is 2.42. The Morgan fingerprint density at radius 3 is 2.90 bits per heavy atom. The van der Waals surface area contributed by atoms with E-state index in [0.717, 1.165) is 18.7 Å². The average molecular weight is 281 g/mol. The summed E-state index contributed by atoms with van der Waals surface area (Å²) in [5.41, 5.74) is -0.578. The van der Waals surface area contributed by atoms with Gasteiger partial charge >= 0.3 is 5.97 Å². The first-order valence-electron chi connectivity index (χ1n) is 6.21. The summed E-state index contributed by atoms with van der Waals surface area (Å²) < 4.78 is 0. The number of carboxylic acids is 1. The van der Waals surface area contributed by atoms with Crippen LogP contribution in [0, 0.1) is 16.0 Å². The molecular formula is C12H15N3O5. The minimum atomic E-state index is -1.27. The standard InChI is InChI=1S/C12H15N3O5/c1-7-2-3-14(10(7)6-16)11-9(12(17)18)4-8(5-13-11)15(19)20/h4-5,7,10,16H,2-3,6H2,1H3,(H,17,18). The van der Waals surface area contributed by atoms with Gasteiger partial charge in [0.1, 0.15) is 17.6 Å². The van der Waals surface area contributed by atoms with Gasteiger partial charge in [-0.25, -0.2) is 9.78 Å². The van der Waals surface area contributed by atoms with E-state index in [2.05, 4.69) is 4.98 Å². The SMILES string of the molecule is CC1CCN(c2ncc([N+](=O)[O-])cc2C(=O)O)C1CO. The Labute approximate surface area is 114 Å². The number of aliphatic hydroxyl groups is 1. The monoisotopic (exact) mass is 281 g/mol. The predicted octanol–water partition coefficient (Wildman–Crippen LogP) is 0.895. The summed E-state index contributed by atoms with van der Waals surface area (Å²) in [5, 5.41) is 29.3. The molecule has 0 amide bonds. The number of aromatic carboxylic acids is 1. The molecule has 1 aliphatic rings. The third-order valence-electron chi connectivity index (χ3n) is 3.64. The lowest BCUT2D eigenvalue weighted by Gasteiger charge is -2.27. The minimum absolute atomic E-state index is 0.112. The molecule has 8 nitrogen and oxygen atoms in total. The molecule has 2 atom stereocenters. The lowest BCUT2D eigenvalue weighted by atomic mass is 10.0. The molecule has 1 aromatic rings. The molecule has 20 heavy (non-hydrogen) atoms. The van der Waals surface area contributed by atoms with Crippen molar-refractivity contribution in [2.45, 2.75) is 19.4 Å². The van der Waals surface area contributed by atoms with Gasteiger partial charge in [0.15, 0.2) is 0 Å². The van der Waals surface area contributed by atoms with Gasteiger partial charge in [0.05, 0.1) is 17.6 Å². The maximum absolute atomic E-state index is 11.3. The van der Waals surface area contributed by atoms with Gasteiger partial charge in [-0.2, -0.15) is 0 Å². The molecule has 0 saturated carbocycles. The Bertz CT molecular complexity index is 548. The van der Waals surface area contributed by atoms with E-state index in [1.165, 1.54) is 0 Å². The van der Waals surface area contributed by atoms with Gasteiger partial charge in [0, 0.05) is 12.6 Å². The van der Waals surface area contributed by atoms with Crippen molar-refractivity contribution < 1.29 is 19.9 Å². The molecule has 1 aliphatic heterocycles. The number of nitrogens with zero attached hydrogens (tertiary/aromatic N) is 3. The van der Waals surface area contributed by atoms with Crippen LogP contribution in [0.2, 0.25) is 0 Å². The molecule has 0 aromatic carbocycles. The molecule has 1 fully saturated rings. The maximum Gasteiger partial charge on any atom is 0.339 e. The number of pyridine rings is 1. The topological polar surface area (TPSA) is 117 Å². The number of hydrogen-bond acceptors (Lipinski definition) is 6. The molecule has 0 bridgehead atoms. The van der Waals surface area contributed by atoms with Crippen molar-refractivity contribution >= 4 is 17.5 Å². The fourth-order valence-corrected chi connectivity index (χ4v) is 2.48. The quantitative estimate of drug-likeness (QED) is 0.621. The van der Waals surface area contributed by atoms with Gasteiger partial charge in [-0.3, -0.25) is 10.1 Å². The van der Waals surface area contributed by atoms with Crippen LogP contribution in [0.1, 0.15) is 23.7 Å². The first-order chi connectivity index (χ1) is 9.45. The number of aromatic nitrogens is 1. The first-order valence-corrected chi connectivity index (χ1v) is 6.21. The molecule has 2 N–H and O–H groups in total. The van der Waals surface area contributed by atoms with Crippen molar-refractivity contribution in [1.29, 1.82) is 0 Å². The number of hydrogen-bond donors (Lipinski definition) is 2. The van der Waals surface area contributed by atoms with Crippen LogP contribution in [0.3, 0.4) is 0 Å². The van der Waals surface area contributed by atoms with Crippen LogP contribution in [0.4, 0.5) is 11.5 Å². The normalized spacial score (nSPS) is 22.0. The number of aliphatic hydroxyl groups excluding tert-OH is 1. The molecule has 0 radical (unpaired) electrons. The van der Waals surface area contributed by atoms with Gasteiger partial charge in [-0.05, 0) is 12.3 Å². The first kappa shape index (κ1) is 14.2. The summed E-state index contributed by atoms with van der Waals surface area (Å²) >= 11 is 0. The highest BCUT2D eigenvalue weighted by molar-refractivity contribution is 5.94. The summed E-state index contributed by atoms with van der Waals surface area (Å²) in [7, 11) is 0. The molecule has 2 heterocycles. The Morgan fingerprint density at radius 1 is 1.65 bits per heavy atom. The molecule has 8 heteroatoms. The molecule has 108 valence electrons. The second kappa shape index (κ2) is 5.41. The van der Waals surface area contributed by atoms with Gasteiger partial charge in [0.25, 0.3) is 5.69 Å². The van der Waals surface area contributed by atoms with Crippen LogP contribution in [-0.2, 0) is 0 Å². The van der Waals surface area contributed by atoms with Crippen molar-refractivity contribution in [1.82, 2.24) is 4.98 Å². The molecule has 1 aromatic heterocycles. The van der Waals surface area contributed by atoms with E-state index in [1.807, 2.05) is 6.92 Å². The minimum Gasteiger partial charge on any atom is -0.478 e. The summed E-state index contributed by atoms with van der Waals surface area (Å²) in [6, 6.07) is 0.782. The van der Waals surface area contributed by atoms with E-state index >= 15 is 0 Å². The second-order valence-corrected chi connectivity index (χ2v) is 4.84. The van der Waals surface area contributed by atoms with E-state index < -0.39 is 10.9 Å². The molecule has 0 aliphatic carbocycles. The fraction of sp³-hybridized carbons (Fsp3) is 0.500. The number of nitro groups is 1. The van der Waals surface area contributed by atoms with Gasteiger partial charge in [-0.1, -0.05) is 6.92 Å². The average Bonchev–Trinajstić information content (AvgIpc) is 2.78. The van der Waals surface area contributed by atoms with Crippen molar-refractivity contribution in [3.8, 4) is 0 Å². The van der Waals surface area contributed by atoms with Crippen molar-refractivity contribution in [2.75, 3.05) is 18.1 Å². The van der Waals surface area contributed by atoms with Crippen LogP contribution in [-0.4, -0.2) is 45.3 Å². The lowest BCUT2D eigenvalue weighted by Crippen LogP contribution is -2.36. The predicted molar refractivity (Wildman–Crippen MR) is 69.9 cm³/mol. The van der Waals surface area contributed by atoms with E-state index in [4.69, 9.17) is 0 Å². The van der Waals surface area contributed by atoms with E-state index in [1.54, 1.807) is 4.90 Å². The van der Waals surface area contributed by atoms with E-state index in [0.29, 0.717) is 6.54 Å². The summed E-state index contributed by atoms with van der Waals surface area (Å²) in [5.74, 6) is -0.891. The van der Waals surface area contributed by atoms with Crippen LogP contribution in [0.15, 0.2) is 12.3 Å². The fourth-order valence-electron chi connectivity index (χ4n) is 2.48. The van der Waals surface area contributed by atoms with Crippen molar-refractivity contribution in [3.05, 3.63) is 27.9 Å². The summed E-state index contributed by atoms with van der Waals surface area (Å²) in [6.45, 7) is 2.42. The summed E-state index contributed by atoms with van der Waals surface area (Å²) in [6.07, 6.45) is 1.85. The maximum atomic E-state index is 11.3. The molecule has 2 rings (SSSR count). The van der Waals surface area contributed by atoms with Crippen molar-refractivity contribution in [3.63, 3.8) is 0 Å². The molecule has 2 unspecified atom stereocenters. The Balaban J connectivity index is 2.46. The zero-order valence-electron chi connectivity index (χ0n) is 10.9. The zero-order chi connectivity index (χ0) is 14.9. The molecular weight excluding hydrogens is 266 g/mol. The highest BCUT2D eigenvalue weighted by Crippen LogP contribution is 2.31. The van der Waals surface area contributed by atoms with Gasteiger partial charge < -0.3 is 15.1 Å². The summed E-state index contributed by atoms with van der Waals surface area (Å²) in [4.78, 5) is 26.9. The number of rotatable bonds is 4. The van der Waals surface area contributed by atoms with Gasteiger partial charge in [0.2, 0.25) is 0 Å². The third-order valence-corrected chi connectivity index (χ3v) is 3.64. The highest BCUT2D eigenvalue weighted by Gasteiger charge is 2.34. The molecule has 0 spiro atoms. The molecule has 1 saturated heterocycles. The van der Waals surface area contributed by atoms with E-state index in [9.17, 15) is 25.1 Å². The van der Waals surface area contributed by atoms with E-state index in [-0.39, 0.29) is 35.6 Å². The van der Waals surface area contributed by atoms with Gasteiger partial charge in [-0.15, -0.1) is 0 Å². The zero-order valence-corrected chi connectivity index (χ0v) is 10.9. The Morgan fingerprint density at radius 2 is 2.35 bits per heavy atom. The second-order valence-electron chi connectivity index (χ2n) is 4.84.